The van der Waals surface area contributed by atoms with Crippen molar-refractivity contribution in [2.75, 3.05) is 45.3 Å². The summed E-state index contributed by atoms with van der Waals surface area (Å²) in [5.41, 5.74) is 5.72. The molecule has 162 valence electrons. The van der Waals surface area contributed by atoms with Gasteiger partial charge in [0.25, 0.3) is 5.91 Å². The lowest BCUT2D eigenvalue weighted by atomic mass is 10.1. The number of ether oxygens (including phenoxy) is 2. The predicted octanol–water partition coefficient (Wildman–Crippen LogP) is 3.67. The van der Waals surface area contributed by atoms with Crippen LogP contribution >= 0.6 is 0 Å². The van der Waals surface area contributed by atoms with Crippen molar-refractivity contribution in [2.24, 2.45) is 0 Å². The van der Waals surface area contributed by atoms with Gasteiger partial charge in [-0.3, -0.25) is 9.89 Å². The molecule has 2 heterocycles. The van der Waals surface area contributed by atoms with E-state index in [-0.39, 0.29) is 5.91 Å². The molecule has 1 aromatic heterocycles. The number of hydrogen-bond donors (Lipinski definition) is 1. The van der Waals surface area contributed by atoms with Gasteiger partial charge in [0.15, 0.2) is 0 Å². The molecule has 0 bridgehead atoms. The van der Waals surface area contributed by atoms with Crippen LogP contribution < -0.4 is 14.4 Å². The highest BCUT2D eigenvalue weighted by Crippen LogP contribution is 2.32. The second-order valence-corrected chi connectivity index (χ2v) is 7.80. The molecular formula is C24H28N4O3. The van der Waals surface area contributed by atoms with Gasteiger partial charge in [-0.15, -0.1) is 0 Å². The van der Waals surface area contributed by atoms with E-state index >= 15 is 0 Å². The van der Waals surface area contributed by atoms with Gasteiger partial charge < -0.3 is 19.3 Å². The van der Waals surface area contributed by atoms with Gasteiger partial charge in [-0.1, -0.05) is 17.7 Å². The van der Waals surface area contributed by atoms with Crippen molar-refractivity contribution in [3.63, 3.8) is 0 Å². The quantitative estimate of drug-likeness (QED) is 0.682. The number of carbonyl (C=O) groups excluding carboxylic acids is 1. The Balaban J connectivity index is 1.45. The summed E-state index contributed by atoms with van der Waals surface area (Å²) in [7, 11) is 3.21. The molecule has 0 radical (unpaired) electrons. The fourth-order valence-electron chi connectivity index (χ4n) is 4.06. The first-order chi connectivity index (χ1) is 15.0. The number of methoxy groups -OCH3 is 2. The Hall–Kier alpha value is -3.48. The van der Waals surface area contributed by atoms with Crippen molar-refractivity contribution in [1.29, 1.82) is 0 Å². The first-order valence-electron chi connectivity index (χ1n) is 10.4. The van der Waals surface area contributed by atoms with Gasteiger partial charge in [-0.05, 0) is 43.7 Å². The zero-order valence-electron chi connectivity index (χ0n) is 18.4. The van der Waals surface area contributed by atoms with Crippen LogP contribution in [0.5, 0.6) is 11.5 Å². The number of carbonyl (C=O) groups is 1. The van der Waals surface area contributed by atoms with E-state index in [1.54, 1.807) is 26.4 Å². The number of rotatable bonds is 5. The minimum absolute atomic E-state index is 0.0356. The van der Waals surface area contributed by atoms with E-state index in [0.29, 0.717) is 36.0 Å². The highest BCUT2D eigenvalue weighted by molar-refractivity contribution is 5.93. The number of aryl methyl sites for hydroxylation is 2. The molecule has 2 aromatic carbocycles. The molecule has 1 aliphatic heterocycles. The second kappa shape index (κ2) is 8.71. The van der Waals surface area contributed by atoms with E-state index in [4.69, 9.17) is 9.47 Å². The van der Waals surface area contributed by atoms with Crippen molar-refractivity contribution in [2.45, 2.75) is 13.8 Å². The van der Waals surface area contributed by atoms with Crippen LogP contribution in [0.3, 0.4) is 0 Å². The second-order valence-electron chi connectivity index (χ2n) is 7.80. The molecule has 0 aliphatic carbocycles. The third kappa shape index (κ3) is 4.21. The zero-order valence-corrected chi connectivity index (χ0v) is 18.4. The maximum Gasteiger partial charge on any atom is 0.272 e. The Kier molecular flexibility index (Phi) is 5.84. The summed E-state index contributed by atoms with van der Waals surface area (Å²) in [4.78, 5) is 17.3. The van der Waals surface area contributed by atoms with Gasteiger partial charge in [-0.25, -0.2) is 0 Å². The van der Waals surface area contributed by atoms with Crippen molar-refractivity contribution in [1.82, 2.24) is 15.1 Å². The summed E-state index contributed by atoms with van der Waals surface area (Å²) in [6.07, 6.45) is 0. The highest BCUT2D eigenvalue weighted by Gasteiger charge is 2.25. The third-order valence-corrected chi connectivity index (χ3v) is 5.75. The number of nitrogens with one attached hydrogen (secondary N) is 1. The van der Waals surface area contributed by atoms with E-state index in [0.717, 1.165) is 18.7 Å². The number of aromatic amines is 1. The molecule has 1 N–H and O–H groups in total. The lowest BCUT2D eigenvalue weighted by Gasteiger charge is -2.36. The summed E-state index contributed by atoms with van der Waals surface area (Å²) in [5, 5.41) is 7.24. The number of hydrogen-bond acceptors (Lipinski definition) is 5. The van der Waals surface area contributed by atoms with E-state index in [1.807, 2.05) is 17.0 Å². The smallest absolute Gasteiger partial charge is 0.272 e. The maximum atomic E-state index is 13.0. The topological polar surface area (TPSA) is 70.7 Å². The first kappa shape index (κ1) is 20.8. The Morgan fingerprint density at radius 1 is 0.968 bits per heavy atom. The molecule has 1 fully saturated rings. The van der Waals surface area contributed by atoms with Crippen LogP contribution in [0.4, 0.5) is 5.69 Å². The molecule has 0 spiro atoms. The third-order valence-electron chi connectivity index (χ3n) is 5.75. The number of aromatic nitrogens is 2. The SMILES string of the molecule is COc1ccc(-c2cc(C(=O)N3CCN(c4ccc(C)cc4C)CC3)[nH]n2)c(OC)c1. The van der Waals surface area contributed by atoms with Gasteiger partial charge in [0.1, 0.15) is 17.2 Å². The molecule has 1 aliphatic rings. The highest BCUT2D eigenvalue weighted by atomic mass is 16.5. The number of anilines is 1. The minimum Gasteiger partial charge on any atom is -0.497 e. The minimum atomic E-state index is -0.0356. The Bertz CT molecular complexity index is 1080. The Labute approximate surface area is 182 Å². The Morgan fingerprint density at radius 2 is 1.74 bits per heavy atom. The molecule has 7 heteroatoms. The Morgan fingerprint density at radius 3 is 2.42 bits per heavy atom. The molecule has 0 saturated carbocycles. The van der Waals surface area contributed by atoms with Crippen LogP contribution in [0, 0.1) is 13.8 Å². The summed E-state index contributed by atoms with van der Waals surface area (Å²) in [6, 6.07) is 13.8. The number of benzene rings is 2. The molecule has 3 aromatic rings. The van der Waals surface area contributed by atoms with Crippen molar-refractivity contribution < 1.29 is 14.3 Å². The van der Waals surface area contributed by atoms with E-state index in [9.17, 15) is 4.79 Å². The van der Waals surface area contributed by atoms with Gasteiger partial charge in [0, 0.05) is 43.5 Å². The molecule has 4 rings (SSSR count). The van der Waals surface area contributed by atoms with Gasteiger partial charge in [-0.2, -0.15) is 5.10 Å². The number of H-pyrrole nitrogens is 1. The fourth-order valence-corrected chi connectivity index (χ4v) is 4.06. The number of piperazine rings is 1. The van der Waals surface area contributed by atoms with E-state index in [1.165, 1.54) is 16.8 Å². The first-order valence-corrected chi connectivity index (χ1v) is 10.4. The lowest BCUT2D eigenvalue weighted by Crippen LogP contribution is -2.49. The summed E-state index contributed by atoms with van der Waals surface area (Å²) >= 11 is 0. The van der Waals surface area contributed by atoms with Crippen LogP contribution in [0.15, 0.2) is 42.5 Å². The van der Waals surface area contributed by atoms with Gasteiger partial charge in [0.2, 0.25) is 0 Å². The van der Waals surface area contributed by atoms with Crippen LogP contribution in [-0.2, 0) is 0 Å². The molecule has 0 atom stereocenters. The molecule has 1 saturated heterocycles. The largest absolute Gasteiger partial charge is 0.497 e. The van der Waals surface area contributed by atoms with Gasteiger partial charge >= 0.3 is 0 Å². The van der Waals surface area contributed by atoms with Crippen LogP contribution in [-0.4, -0.2) is 61.4 Å². The summed E-state index contributed by atoms with van der Waals surface area (Å²) < 4.78 is 10.7. The van der Waals surface area contributed by atoms with Crippen molar-refractivity contribution in [3.8, 4) is 22.8 Å². The molecular weight excluding hydrogens is 392 g/mol. The van der Waals surface area contributed by atoms with E-state index in [2.05, 4.69) is 47.1 Å². The van der Waals surface area contributed by atoms with Crippen LogP contribution in [0.2, 0.25) is 0 Å². The monoisotopic (exact) mass is 420 g/mol. The average molecular weight is 421 g/mol. The maximum absolute atomic E-state index is 13.0. The standard InChI is InChI=1S/C24H28N4O3/c1-16-5-8-22(17(2)13-16)27-9-11-28(12-10-27)24(29)21-15-20(25-26-21)19-7-6-18(30-3)14-23(19)31-4/h5-8,13-15H,9-12H2,1-4H3,(H,25,26). The lowest BCUT2D eigenvalue weighted by molar-refractivity contribution is 0.0741. The molecule has 7 nitrogen and oxygen atoms in total. The average Bonchev–Trinajstić information content (AvgIpc) is 3.28. The van der Waals surface area contributed by atoms with Crippen LogP contribution in [0.25, 0.3) is 11.3 Å². The molecule has 1 amide bonds. The van der Waals surface area contributed by atoms with Gasteiger partial charge in [0.05, 0.1) is 19.9 Å². The summed E-state index contributed by atoms with van der Waals surface area (Å²) in [5.74, 6) is 1.31. The predicted molar refractivity (Wildman–Crippen MR) is 121 cm³/mol. The van der Waals surface area contributed by atoms with Crippen LogP contribution in [0.1, 0.15) is 21.6 Å². The van der Waals surface area contributed by atoms with Crippen molar-refractivity contribution in [3.05, 3.63) is 59.3 Å². The number of amides is 1. The number of nitrogens with zero attached hydrogens (tertiary/aromatic N) is 3. The van der Waals surface area contributed by atoms with Crippen molar-refractivity contribution >= 4 is 11.6 Å². The zero-order chi connectivity index (χ0) is 22.0. The normalized spacial score (nSPS) is 13.9. The molecule has 31 heavy (non-hydrogen) atoms. The molecule has 0 unspecified atom stereocenters. The van der Waals surface area contributed by atoms with E-state index < -0.39 is 0 Å². The summed E-state index contributed by atoms with van der Waals surface area (Å²) in [6.45, 7) is 7.21. The fraction of sp³-hybridized carbons (Fsp3) is 0.333.